The molecule has 2 rings (SSSR count). The van der Waals surface area contributed by atoms with E-state index >= 15 is 0 Å². The maximum absolute atomic E-state index is 10.2. The number of oxime groups is 1. The molecule has 0 aliphatic rings. The van der Waals surface area contributed by atoms with Gasteiger partial charge in [0.25, 0.3) is 0 Å². The number of pyridine rings is 2. The molecular formula is C19H19N3O2. The van der Waals surface area contributed by atoms with Gasteiger partial charge in [0, 0.05) is 11.4 Å². The van der Waals surface area contributed by atoms with Gasteiger partial charge in [-0.1, -0.05) is 17.3 Å². The van der Waals surface area contributed by atoms with Gasteiger partial charge in [-0.2, -0.15) is 0 Å². The topological polar surface area (TPSA) is 64.4 Å². The van der Waals surface area contributed by atoms with Crippen LogP contribution in [0, 0.1) is 18.8 Å². The molecule has 0 aliphatic carbocycles. The second kappa shape index (κ2) is 9.21. The van der Waals surface area contributed by atoms with Gasteiger partial charge in [-0.3, -0.25) is 9.78 Å². The number of hydrogen-bond acceptors (Lipinski definition) is 5. The van der Waals surface area contributed by atoms with Gasteiger partial charge in [0.1, 0.15) is 18.0 Å². The molecule has 0 fully saturated rings. The molecule has 0 spiro atoms. The Morgan fingerprint density at radius 3 is 2.88 bits per heavy atom. The lowest BCUT2D eigenvalue weighted by atomic mass is 10.2. The van der Waals surface area contributed by atoms with Crippen LogP contribution in [-0.2, 0) is 16.1 Å². The first-order valence-corrected chi connectivity index (χ1v) is 7.71. The standard InChI is InChI=1S/C19H19N3O2/c1-15-7-3-12-19(20-15)16(2)22-24-14-6-11-18-9-4-8-17(21-18)10-5-13-23/h3-4,7-9,12-13H,6,11,14H2,1-2H3. The Morgan fingerprint density at radius 2 is 2.08 bits per heavy atom. The van der Waals surface area contributed by atoms with Crippen molar-refractivity contribution in [2.45, 2.75) is 26.7 Å². The molecule has 0 saturated carbocycles. The summed E-state index contributed by atoms with van der Waals surface area (Å²) in [4.78, 5) is 24.4. The molecule has 5 nitrogen and oxygen atoms in total. The molecule has 0 amide bonds. The molecule has 0 bridgehead atoms. The monoisotopic (exact) mass is 321 g/mol. The second-order valence-corrected chi connectivity index (χ2v) is 5.18. The minimum atomic E-state index is 0.495. The molecule has 0 unspecified atom stereocenters. The summed E-state index contributed by atoms with van der Waals surface area (Å²) in [6.45, 7) is 4.31. The van der Waals surface area contributed by atoms with Gasteiger partial charge < -0.3 is 4.84 Å². The van der Waals surface area contributed by atoms with E-state index in [1.165, 1.54) is 0 Å². The predicted octanol–water partition coefficient (Wildman–Crippen LogP) is 2.71. The van der Waals surface area contributed by atoms with Crippen molar-refractivity contribution >= 4 is 12.0 Å². The van der Waals surface area contributed by atoms with Gasteiger partial charge in [0.2, 0.25) is 0 Å². The van der Waals surface area contributed by atoms with E-state index in [2.05, 4.69) is 27.0 Å². The smallest absolute Gasteiger partial charge is 0.193 e. The Kier molecular flexibility index (Phi) is 6.66. The maximum atomic E-state index is 10.2. The van der Waals surface area contributed by atoms with Crippen molar-refractivity contribution in [2.24, 2.45) is 5.16 Å². The van der Waals surface area contributed by atoms with Gasteiger partial charge in [-0.25, -0.2) is 4.98 Å². The SMILES string of the molecule is CC(=NOCCCc1cccc(C#CC=O)n1)c1cccc(C)n1. The van der Waals surface area contributed by atoms with Crippen molar-refractivity contribution in [1.82, 2.24) is 9.97 Å². The van der Waals surface area contributed by atoms with Gasteiger partial charge in [0.05, 0.1) is 5.69 Å². The number of carbonyl (C=O) groups excluding carboxylic acids is 1. The van der Waals surface area contributed by atoms with Crippen molar-refractivity contribution in [2.75, 3.05) is 6.61 Å². The molecule has 2 aromatic rings. The average Bonchev–Trinajstić information content (AvgIpc) is 2.60. The summed E-state index contributed by atoms with van der Waals surface area (Å²) in [6, 6.07) is 11.4. The summed E-state index contributed by atoms with van der Waals surface area (Å²) in [5, 5.41) is 4.10. The fraction of sp³-hybridized carbons (Fsp3) is 0.263. The van der Waals surface area contributed by atoms with E-state index in [1.54, 1.807) is 6.07 Å². The molecule has 2 aromatic heterocycles. The fourth-order valence-electron chi connectivity index (χ4n) is 2.04. The summed E-state index contributed by atoms with van der Waals surface area (Å²) in [6.07, 6.45) is 2.11. The normalized spacial score (nSPS) is 10.7. The Bertz CT molecular complexity index is 788. The van der Waals surface area contributed by atoms with E-state index in [1.807, 2.05) is 44.2 Å². The van der Waals surface area contributed by atoms with Crippen LogP contribution in [0.5, 0.6) is 0 Å². The van der Waals surface area contributed by atoms with Crippen LogP contribution >= 0.6 is 0 Å². The number of aromatic nitrogens is 2. The average molecular weight is 321 g/mol. The highest BCUT2D eigenvalue weighted by molar-refractivity contribution is 5.96. The van der Waals surface area contributed by atoms with Gasteiger partial charge in [-0.15, -0.1) is 0 Å². The van der Waals surface area contributed by atoms with Crippen LogP contribution in [0.25, 0.3) is 0 Å². The molecule has 0 N–H and O–H groups in total. The Morgan fingerprint density at radius 1 is 1.25 bits per heavy atom. The van der Waals surface area contributed by atoms with E-state index in [-0.39, 0.29) is 0 Å². The minimum Gasteiger partial charge on any atom is -0.396 e. The first-order chi connectivity index (χ1) is 11.7. The van der Waals surface area contributed by atoms with Crippen LogP contribution in [0.4, 0.5) is 0 Å². The molecule has 0 atom stereocenters. The third kappa shape index (κ3) is 5.65. The van der Waals surface area contributed by atoms with Crippen molar-refractivity contribution in [1.29, 1.82) is 0 Å². The van der Waals surface area contributed by atoms with E-state index in [9.17, 15) is 4.79 Å². The zero-order chi connectivity index (χ0) is 17.2. The zero-order valence-electron chi connectivity index (χ0n) is 13.8. The first-order valence-electron chi connectivity index (χ1n) is 7.71. The number of aryl methyl sites for hydroxylation is 2. The molecule has 24 heavy (non-hydrogen) atoms. The van der Waals surface area contributed by atoms with Crippen molar-refractivity contribution in [3.05, 3.63) is 59.2 Å². The van der Waals surface area contributed by atoms with E-state index in [4.69, 9.17) is 4.84 Å². The van der Waals surface area contributed by atoms with E-state index < -0.39 is 0 Å². The van der Waals surface area contributed by atoms with Crippen molar-refractivity contribution in [3.63, 3.8) is 0 Å². The number of nitrogens with zero attached hydrogens (tertiary/aromatic N) is 3. The van der Waals surface area contributed by atoms with Crippen LogP contribution in [0.3, 0.4) is 0 Å². The molecule has 0 aromatic carbocycles. The third-order valence-electron chi connectivity index (χ3n) is 3.19. The number of aldehydes is 1. The van der Waals surface area contributed by atoms with E-state index in [0.29, 0.717) is 18.6 Å². The Labute approximate surface area is 141 Å². The molecule has 0 saturated heterocycles. The summed E-state index contributed by atoms with van der Waals surface area (Å²) >= 11 is 0. The highest BCUT2D eigenvalue weighted by Gasteiger charge is 2.00. The summed E-state index contributed by atoms with van der Waals surface area (Å²) in [5.74, 6) is 5.04. The molecule has 122 valence electrons. The summed E-state index contributed by atoms with van der Waals surface area (Å²) < 4.78 is 0. The second-order valence-electron chi connectivity index (χ2n) is 5.18. The number of rotatable bonds is 6. The molecule has 2 heterocycles. The van der Waals surface area contributed by atoms with Crippen LogP contribution in [0.15, 0.2) is 41.6 Å². The molecule has 5 heteroatoms. The van der Waals surface area contributed by atoms with Crippen LogP contribution in [-0.4, -0.2) is 28.6 Å². The van der Waals surface area contributed by atoms with Gasteiger partial charge >= 0.3 is 0 Å². The predicted molar refractivity (Wildman–Crippen MR) is 92.6 cm³/mol. The van der Waals surface area contributed by atoms with Crippen molar-refractivity contribution < 1.29 is 9.63 Å². The minimum absolute atomic E-state index is 0.495. The quantitative estimate of drug-likeness (QED) is 0.270. The fourth-order valence-corrected chi connectivity index (χ4v) is 2.04. The highest BCUT2D eigenvalue weighted by atomic mass is 16.6. The largest absolute Gasteiger partial charge is 0.396 e. The van der Waals surface area contributed by atoms with Crippen molar-refractivity contribution in [3.8, 4) is 11.8 Å². The summed E-state index contributed by atoms with van der Waals surface area (Å²) in [7, 11) is 0. The maximum Gasteiger partial charge on any atom is 0.193 e. The number of carbonyl (C=O) groups is 1. The first kappa shape index (κ1) is 17.4. The molecule has 0 aliphatic heterocycles. The lowest BCUT2D eigenvalue weighted by Crippen LogP contribution is -2.02. The van der Waals surface area contributed by atoms with E-state index in [0.717, 1.165) is 35.6 Å². The van der Waals surface area contributed by atoms with Crippen LogP contribution in [0.1, 0.15) is 36.1 Å². The van der Waals surface area contributed by atoms with Gasteiger partial charge in [-0.05, 0) is 62.8 Å². The molecular weight excluding hydrogens is 302 g/mol. The lowest BCUT2D eigenvalue weighted by molar-refractivity contribution is -0.103. The lowest BCUT2D eigenvalue weighted by Gasteiger charge is -2.03. The Balaban J connectivity index is 1.80. The highest BCUT2D eigenvalue weighted by Crippen LogP contribution is 2.04. The van der Waals surface area contributed by atoms with Crippen LogP contribution < -0.4 is 0 Å². The van der Waals surface area contributed by atoms with Crippen LogP contribution in [0.2, 0.25) is 0 Å². The number of hydrogen-bond donors (Lipinski definition) is 0. The Hall–Kier alpha value is -3.00. The zero-order valence-corrected chi connectivity index (χ0v) is 13.8. The van der Waals surface area contributed by atoms with Gasteiger partial charge in [0.15, 0.2) is 6.29 Å². The molecule has 0 radical (unpaired) electrons. The summed E-state index contributed by atoms with van der Waals surface area (Å²) in [5.41, 5.74) is 4.03. The third-order valence-corrected chi connectivity index (χ3v) is 3.19.